The lowest BCUT2D eigenvalue weighted by Gasteiger charge is -2.21. The van der Waals surface area contributed by atoms with E-state index in [0.29, 0.717) is 19.4 Å². The number of nitrogens with two attached hydrogens (primary N) is 1. The first-order valence-electron chi connectivity index (χ1n) is 5.74. The highest BCUT2D eigenvalue weighted by atomic mass is 35.5. The van der Waals surface area contributed by atoms with Crippen LogP contribution in [-0.2, 0) is 9.59 Å². The molecule has 5 nitrogen and oxygen atoms in total. The Bertz CT molecular complexity index is 282. The zero-order valence-corrected chi connectivity index (χ0v) is 11.4. The number of carbonyl (C=O) groups is 2. The molecule has 0 aromatic rings. The molecule has 0 spiro atoms. The number of hydrogen-bond acceptors (Lipinski definition) is 3. The lowest BCUT2D eigenvalue weighted by molar-refractivity contribution is -0.129. The Morgan fingerprint density at radius 2 is 2.12 bits per heavy atom. The lowest BCUT2D eigenvalue weighted by Crippen LogP contribution is -2.40. The average molecular weight is 264 g/mol. The predicted octanol–water partition coefficient (Wildman–Crippen LogP) is 0.271. The molecule has 0 aromatic heterocycles. The van der Waals surface area contributed by atoms with Crippen LogP contribution in [0.15, 0.2) is 0 Å². The number of carbonyl (C=O) groups excluding carboxylic acids is 2. The van der Waals surface area contributed by atoms with Gasteiger partial charge in [-0.25, -0.2) is 0 Å². The molecular formula is C11H22ClN3O2. The summed E-state index contributed by atoms with van der Waals surface area (Å²) in [7, 11) is 0. The van der Waals surface area contributed by atoms with E-state index in [4.69, 9.17) is 5.73 Å². The molecule has 1 fully saturated rings. The Morgan fingerprint density at radius 1 is 1.53 bits per heavy atom. The molecule has 1 rings (SSSR count). The summed E-state index contributed by atoms with van der Waals surface area (Å²) in [6.07, 6.45) is 0.718. The van der Waals surface area contributed by atoms with Crippen molar-refractivity contribution in [3.63, 3.8) is 0 Å². The largest absolute Gasteiger partial charge is 0.351 e. The van der Waals surface area contributed by atoms with E-state index in [2.05, 4.69) is 5.32 Å². The van der Waals surface area contributed by atoms with Crippen LogP contribution in [0.2, 0.25) is 0 Å². The second-order valence-electron chi connectivity index (χ2n) is 4.79. The Labute approximate surface area is 109 Å². The Kier molecular flexibility index (Phi) is 6.49. The van der Waals surface area contributed by atoms with Gasteiger partial charge in [-0.3, -0.25) is 9.59 Å². The molecule has 0 saturated carbocycles. The van der Waals surface area contributed by atoms with Gasteiger partial charge in [-0.15, -0.1) is 12.4 Å². The first-order chi connectivity index (χ1) is 7.40. The zero-order chi connectivity index (χ0) is 12.3. The van der Waals surface area contributed by atoms with E-state index in [0.717, 1.165) is 0 Å². The summed E-state index contributed by atoms with van der Waals surface area (Å²) >= 11 is 0. The van der Waals surface area contributed by atoms with Crippen molar-refractivity contribution in [1.29, 1.82) is 0 Å². The highest BCUT2D eigenvalue weighted by Gasteiger charge is 2.31. The molecule has 0 bridgehead atoms. The van der Waals surface area contributed by atoms with Gasteiger partial charge in [-0.1, -0.05) is 0 Å². The van der Waals surface area contributed by atoms with Gasteiger partial charge < -0.3 is 16.0 Å². The zero-order valence-electron chi connectivity index (χ0n) is 10.6. The second kappa shape index (κ2) is 6.81. The molecule has 6 heteroatoms. The number of hydrogen-bond donors (Lipinski definition) is 2. The van der Waals surface area contributed by atoms with Crippen LogP contribution in [0.5, 0.6) is 0 Å². The summed E-state index contributed by atoms with van der Waals surface area (Å²) < 4.78 is 0. The second-order valence-corrected chi connectivity index (χ2v) is 4.79. The van der Waals surface area contributed by atoms with Crippen molar-refractivity contribution in [3.8, 4) is 0 Å². The molecular weight excluding hydrogens is 242 g/mol. The van der Waals surface area contributed by atoms with E-state index >= 15 is 0 Å². The van der Waals surface area contributed by atoms with Crippen LogP contribution >= 0.6 is 12.4 Å². The van der Waals surface area contributed by atoms with Crippen LogP contribution in [-0.4, -0.2) is 41.4 Å². The monoisotopic (exact) mass is 263 g/mol. The average Bonchev–Trinajstić information content (AvgIpc) is 2.44. The van der Waals surface area contributed by atoms with Gasteiger partial charge in [0.05, 0.1) is 6.04 Å². The Hall–Kier alpha value is -0.810. The quantitative estimate of drug-likeness (QED) is 0.765. The normalized spacial score (nSPS) is 21.4. The molecule has 2 unspecified atom stereocenters. The molecule has 0 aromatic carbocycles. The summed E-state index contributed by atoms with van der Waals surface area (Å²) in [6, 6.07) is 0.00212. The smallest absolute Gasteiger partial charge is 0.225 e. The molecule has 2 amide bonds. The van der Waals surface area contributed by atoms with Crippen molar-refractivity contribution >= 4 is 24.2 Å². The van der Waals surface area contributed by atoms with Gasteiger partial charge in [-0.05, 0) is 20.8 Å². The summed E-state index contributed by atoms with van der Waals surface area (Å²) in [5, 5.41) is 2.84. The minimum Gasteiger partial charge on any atom is -0.351 e. The number of nitrogens with one attached hydrogen (secondary N) is 1. The van der Waals surface area contributed by atoms with Crippen LogP contribution in [0.1, 0.15) is 33.6 Å². The minimum absolute atomic E-state index is 0. The van der Waals surface area contributed by atoms with Gasteiger partial charge in [0.15, 0.2) is 0 Å². The van der Waals surface area contributed by atoms with E-state index in [1.165, 1.54) is 0 Å². The maximum absolute atomic E-state index is 11.6. The fourth-order valence-corrected chi connectivity index (χ4v) is 1.91. The standard InChI is InChI=1S/C11H21N3O2.ClH/c1-7(2)14-6-9(5-11(14)16)13-10(15)4-8(3)12;/h7-9H,4-6,12H2,1-3H3,(H,13,15);1H. The fourth-order valence-electron chi connectivity index (χ4n) is 1.91. The van der Waals surface area contributed by atoms with E-state index in [9.17, 15) is 9.59 Å². The number of likely N-dealkylation sites (tertiary alicyclic amines) is 1. The van der Waals surface area contributed by atoms with Gasteiger partial charge in [0.1, 0.15) is 0 Å². The van der Waals surface area contributed by atoms with Crippen LogP contribution in [0.4, 0.5) is 0 Å². The predicted molar refractivity (Wildman–Crippen MR) is 68.9 cm³/mol. The summed E-state index contributed by atoms with van der Waals surface area (Å²) in [5.74, 6) is 0.0412. The van der Waals surface area contributed by atoms with Crippen LogP contribution in [0.3, 0.4) is 0 Å². The first kappa shape index (κ1) is 16.2. The maximum atomic E-state index is 11.6. The van der Waals surface area contributed by atoms with Gasteiger partial charge in [0, 0.05) is 31.5 Å². The van der Waals surface area contributed by atoms with E-state index in [1.807, 2.05) is 13.8 Å². The van der Waals surface area contributed by atoms with E-state index in [1.54, 1.807) is 11.8 Å². The number of nitrogens with zero attached hydrogens (tertiary/aromatic N) is 1. The van der Waals surface area contributed by atoms with Crippen molar-refractivity contribution in [1.82, 2.24) is 10.2 Å². The minimum atomic E-state index is -0.140. The van der Waals surface area contributed by atoms with Crippen molar-refractivity contribution in [2.75, 3.05) is 6.54 Å². The highest BCUT2D eigenvalue weighted by molar-refractivity contribution is 5.85. The highest BCUT2D eigenvalue weighted by Crippen LogP contribution is 2.14. The third-order valence-electron chi connectivity index (χ3n) is 2.65. The number of rotatable bonds is 4. The molecule has 0 radical (unpaired) electrons. The first-order valence-corrected chi connectivity index (χ1v) is 5.74. The number of amides is 2. The maximum Gasteiger partial charge on any atom is 0.225 e. The molecule has 1 heterocycles. The topological polar surface area (TPSA) is 75.4 Å². The summed E-state index contributed by atoms with van der Waals surface area (Å²) in [6.45, 7) is 6.36. The summed E-state index contributed by atoms with van der Waals surface area (Å²) in [4.78, 5) is 24.8. The van der Waals surface area contributed by atoms with Crippen molar-refractivity contribution in [2.24, 2.45) is 5.73 Å². The molecule has 1 aliphatic rings. The molecule has 2 atom stereocenters. The van der Waals surface area contributed by atoms with Crippen LogP contribution < -0.4 is 11.1 Å². The van der Waals surface area contributed by atoms with Crippen molar-refractivity contribution in [3.05, 3.63) is 0 Å². The lowest BCUT2D eigenvalue weighted by atomic mass is 10.2. The molecule has 1 saturated heterocycles. The molecule has 100 valence electrons. The number of halogens is 1. The molecule has 0 aliphatic carbocycles. The van der Waals surface area contributed by atoms with Crippen molar-refractivity contribution in [2.45, 2.75) is 51.7 Å². The van der Waals surface area contributed by atoms with Crippen LogP contribution in [0.25, 0.3) is 0 Å². The third-order valence-corrected chi connectivity index (χ3v) is 2.65. The fraction of sp³-hybridized carbons (Fsp3) is 0.818. The Morgan fingerprint density at radius 3 is 2.53 bits per heavy atom. The summed E-state index contributed by atoms with van der Waals surface area (Å²) in [5.41, 5.74) is 5.53. The van der Waals surface area contributed by atoms with Crippen molar-refractivity contribution < 1.29 is 9.59 Å². The molecule has 1 aliphatic heterocycles. The molecule has 3 N–H and O–H groups in total. The van der Waals surface area contributed by atoms with E-state index < -0.39 is 0 Å². The van der Waals surface area contributed by atoms with Gasteiger partial charge >= 0.3 is 0 Å². The van der Waals surface area contributed by atoms with Crippen LogP contribution in [0, 0.1) is 0 Å². The molecule has 17 heavy (non-hydrogen) atoms. The third kappa shape index (κ3) is 4.91. The van der Waals surface area contributed by atoms with E-state index in [-0.39, 0.29) is 42.3 Å². The Balaban J connectivity index is 0.00000256. The SMILES string of the molecule is CC(N)CC(=O)NC1CC(=O)N(C(C)C)C1.Cl. The van der Waals surface area contributed by atoms with Gasteiger partial charge in [0.25, 0.3) is 0 Å². The van der Waals surface area contributed by atoms with Gasteiger partial charge in [-0.2, -0.15) is 0 Å². The van der Waals surface area contributed by atoms with Gasteiger partial charge in [0.2, 0.25) is 11.8 Å².